The highest BCUT2D eigenvalue weighted by Crippen LogP contribution is 2.29. The van der Waals surface area contributed by atoms with Crippen LogP contribution in [0.1, 0.15) is 27.2 Å². The van der Waals surface area contributed by atoms with Crippen molar-refractivity contribution in [3.8, 4) is 6.07 Å². The van der Waals surface area contributed by atoms with Crippen LogP contribution in [0.5, 0.6) is 0 Å². The number of halogens is 5. The number of aromatic nitrogens is 1. The summed E-state index contributed by atoms with van der Waals surface area (Å²) in [5.41, 5.74) is 4.59. The SMILES string of the molecule is CN=C(N)O[C@@H](Cc1cc(NC(=O)c2ncc(C#N)cc2C)cc(F)c1F)C(F)(F)F. The van der Waals surface area contributed by atoms with Crippen LogP contribution in [0.25, 0.3) is 0 Å². The molecule has 1 amide bonds. The summed E-state index contributed by atoms with van der Waals surface area (Å²) in [6.45, 7) is 1.50. The largest absolute Gasteiger partial charge is 0.452 e. The first-order valence-electron chi connectivity index (χ1n) is 8.57. The number of anilines is 1. The first-order valence-corrected chi connectivity index (χ1v) is 8.57. The third kappa shape index (κ3) is 5.88. The average Bonchev–Trinajstić information content (AvgIpc) is 2.69. The number of nitriles is 1. The third-order valence-electron chi connectivity index (χ3n) is 4.04. The summed E-state index contributed by atoms with van der Waals surface area (Å²) < 4.78 is 72.3. The summed E-state index contributed by atoms with van der Waals surface area (Å²) in [5, 5.41) is 11.1. The summed E-state index contributed by atoms with van der Waals surface area (Å²) in [6.07, 6.45) is -7.54. The molecule has 12 heteroatoms. The summed E-state index contributed by atoms with van der Waals surface area (Å²) in [7, 11) is 1.10. The fourth-order valence-electron chi connectivity index (χ4n) is 2.55. The number of aryl methyl sites for hydroxylation is 1. The monoisotopic (exact) mass is 441 g/mol. The van der Waals surface area contributed by atoms with Gasteiger partial charge >= 0.3 is 6.18 Å². The lowest BCUT2D eigenvalue weighted by Crippen LogP contribution is -2.38. The second-order valence-electron chi connectivity index (χ2n) is 6.30. The summed E-state index contributed by atoms with van der Waals surface area (Å²) in [5.74, 6) is -3.84. The molecule has 1 atom stereocenters. The van der Waals surface area contributed by atoms with Gasteiger partial charge in [-0.15, -0.1) is 0 Å². The molecule has 0 saturated carbocycles. The van der Waals surface area contributed by atoms with Gasteiger partial charge in [0.05, 0.1) is 5.56 Å². The predicted molar refractivity (Wildman–Crippen MR) is 100 cm³/mol. The van der Waals surface area contributed by atoms with Crippen LogP contribution in [0.3, 0.4) is 0 Å². The number of carbonyl (C=O) groups excluding carboxylic acids is 1. The second-order valence-corrected chi connectivity index (χ2v) is 6.30. The van der Waals surface area contributed by atoms with Crippen molar-refractivity contribution in [1.82, 2.24) is 4.98 Å². The minimum absolute atomic E-state index is 0.103. The molecule has 0 saturated heterocycles. The zero-order chi connectivity index (χ0) is 23.3. The third-order valence-corrected chi connectivity index (χ3v) is 4.04. The molecule has 31 heavy (non-hydrogen) atoms. The minimum atomic E-state index is -4.96. The first-order chi connectivity index (χ1) is 14.5. The molecule has 7 nitrogen and oxygen atoms in total. The van der Waals surface area contributed by atoms with Crippen LogP contribution in [0, 0.1) is 29.9 Å². The molecule has 2 rings (SSSR count). The Kier molecular flexibility index (Phi) is 7.12. The highest BCUT2D eigenvalue weighted by Gasteiger charge is 2.43. The molecule has 0 fully saturated rings. The van der Waals surface area contributed by atoms with Gasteiger partial charge in [0, 0.05) is 31.4 Å². The molecule has 0 aliphatic carbocycles. The van der Waals surface area contributed by atoms with E-state index >= 15 is 0 Å². The van der Waals surface area contributed by atoms with Crippen molar-refractivity contribution >= 4 is 17.6 Å². The maximum absolute atomic E-state index is 14.1. The van der Waals surface area contributed by atoms with Crippen LogP contribution >= 0.6 is 0 Å². The molecule has 2 aromatic rings. The maximum atomic E-state index is 14.1. The van der Waals surface area contributed by atoms with Crippen molar-refractivity contribution < 1.29 is 31.5 Å². The van der Waals surface area contributed by atoms with E-state index in [4.69, 9.17) is 11.0 Å². The van der Waals surface area contributed by atoms with Crippen molar-refractivity contribution in [2.75, 3.05) is 12.4 Å². The van der Waals surface area contributed by atoms with Gasteiger partial charge in [0.2, 0.25) is 6.10 Å². The number of rotatable bonds is 5. The number of amides is 1. The number of alkyl halides is 3. The molecular formula is C19H16F5N5O2. The van der Waals surface area contributed by atoms with Gasteiger partial charge in [0.15, 0.2) is 11.6 Å². The number of nitrogens with two attached hydrogens (primary N) is 1. The number of aliphatic imine (C=N–C) groups is 1. The van der Waals surface area contributed by atoms with Crippen molar-refractivity contribution in [1.29, 1.82) is 5.26 Å². The summed E-state index contributed by atoms with van der Waals surface area (Å²) >= 11 is 0. The lowest BCUT2D eigenvalue weighted by molar-refractivity contribution is -0.198. The van der Waals surface area contributed by atoms with Crippen molar-refractivity contribution in [3.05, 3.63) is 58.4 Å². The molecule has 3 N–H and O–H groups in total. The Hall–Kier alpha value is -3.75. The number of amidine groups is 1. The molecule has 0 bridgehead atoms. The van der Waals surface area contributed by atoms with E-state index in [9.17, 15) is 26.7 Å². The minimum Gasteiger partial charge on any atom is -0.452 e. The smallest absolute Gasteiger partial charge is 0.425 e. The van der Waals surface area contributed by atoms with Crippen molar-refractivity contribution in [2.24, 2.45) is 10.7 Å². The number of nitrogens with zero attached hydrogens (tertiary/aromatic N) is 3. The number of pyridine rings is 1. The standard InChI is InChI=1S/C19H16F5N5O2/c1-9-3-10(7-25)8-28-16(9)17(30)29-12-4-11(15(21)13(20)6-12)5-14(19(22,23)24)31-18(26)27-2/h3-4,6,8,14H,5H2,1-2H3,(H2,26,27)(H,29,30)/t14-/m0/s1. The van der Waals surface area contributed by atoms with Crippen LogP contribution < -0.4 is 11.1 Å². The van der Waals surface area contributed by atoms with Gasteiger partial charge in [-0.05, 0) is 30.2 Å². The van der Waals surface area contributed by atoms with Gasteiger partial charge < -0.3 is 15.8 Å². The van der Waals surface area contributed by atoms with Gasteiger partial charge in [-0.2, -0.15) is 18.4 Å². The lowest BCUT2D eigenvalue weighted by Gasteiger charge is -2.21. The topological polar surface area (TPSA) is 113 Å². The van der Waals surface area contributed by atoms with Crippen molar-refractivity contribution in [3.63, 3.8) is 0 Å². The van der Waals surface area contributed by atoms with Crippen LogP contribution in [-0.4, -0.2) is 36.2 Å². The Balaban J connectivity index is 2.34. The number of nitrogens with one attached hydrogen (secondary N) is 1. The number of hydrogen-bond donors (Lipinski definition) is 2. The van der Waals surface area contributed by atoms with E-state index in [1.54, 1.807) is 0 Å². The van der Waals surface area contributed by atoms with Crippen LogP contribution in [0.15, 0.2) is 29.4 Å². The molecule has 1 aromatic heterocycles. The number of carbonyl (C=O) groups is 1. The normalized spacial score (nSPS) is 12.8. The fraction of sp³-hybridized carbons (Fsp3) is 0.263. The molecule has 164 valence electrons. The highest BCUT2D eigenvalue weighted by molar-refractivity contribution is 6.03. The van der Waals surface area contributed by atoms with Gasteiger partial charge in [-0.1, -0.05) is 0 Å². The Morgan fingerprint density at radius 2 is 2.03 bits per heavy atom. The van der Waals surface area contributed by atoms with E-state index in [2.05, 4.69) is 20.0 Å². The molecule has 0 unspecified atom stereocenters. The molecular weight excluding hydrogens is 425 g/mol. The highest BCUT2D eigenvalue weighted by atomic mass is 19.4. The van der Waals surface area contributed by atoms with E-state index in [1.165, 1.54) is 13.0 Å². The van der Waals surface area contributed by atoms with Gasteiger partial charge in [0.25, 0.3) is 11.9 Å². The Morgan fingerprint density at radius 1 is 1.35 bits per heavy atom. The molecule has 0 aliphatic heterocycles. The molecule has 1 heterocycles. The van der Waals surface area contributed by atoms with E-state index in [0.29, 0.717) is 11.6 Å². The van der Waals surface area contributed by atoms with Crippen LogP contribution in [0.4, 0.5) is 27.6 Å². The first kappa shape index (κ1) is 23.5. The number of benzene rings is 1. The van der Waals surface area contributed by atoms with E-state index in [1.807, 2.05) is 6.07 Å². The summed E-state index contributed by atoms with van der Waals surface area (Å²) in [4.78, 5) is 19.5. The maximum Gasteiger partial charge on any atom is 0.425 e. The van der Waals surface area contributed by atoms with Crippen molar-refractivity contribution in [2.45, 2.75) is 25.6 Å². The molecule has 0 aliphatic rings. The van der Waals surface area contributed by atoms with Gasteiger partial charge in [-0.3, -0.25) is 4.79 Å². The predicted octanol–water partition coefficient (Wildman–Crippen LogP) is 3.23. The molecule has 1 aromatic carbocycles. The van der Waals surface area contributed by atoms with Gasteiger partial charge in [0.1, 0.15) is 11.8 Å². The Labute approximate surface area is 173 Å². The average molecular weight is 441 g/mol. The van der Waals surface area contributed by atoms with E-state index < -0.39 is 47.8 Å². The second kappa shape index (κ2) is 9.38. The summed E-state index contributed by atoms with van der Waals surface area (Å²) in [6, 6.07) is 3.91. The lowest BCUT2D eigenvalue weighted by atomic mass is 10.1. The van der Waals surface area contributed by atoms with Crippen LogP contribution in [-0.2, 0) is 11.2 Å². The Bertz CT molecular complexity index is 1060. The zero-order valence-corrected chi connectivity index (χ0v) is 16.2. The number of hydrogen-bond acceptors (Lipinski definition) is 5. The van der Waals surface area contributed by atoms with E-state index in [-0.39, 0.29) is 16.9 Å². The zero-order valence-electron chi connectivity index (χ0n) is 16.2. The van der Waals surface area contributed by atoms with Gasteiger partial charge in [-0.25, -0.2) is 18.8 Å². The Morgan fingerprint density at radius 3 is 2.58 bits per heavy atom. The fourth-order valence-corrected chi connectivity index (χ4v) is 2.55. The molecule has 0 radical (unpaired) electrons. The quantitative estimate of drug-likeness (QED) is 0.420. The van der Waals surface area contributed by atoms with E-state index in [0.717, 1.165) is 19.3 Å². The molecule has 0 spiro atoms. The van der Waals surface area contributed by atoms with Crippen LogP contribution in [0.2, 0.25) is 0 Å². The number of ether oxygens (including phenoxy) is 1.